The van der Waals surface area contributed by atoms with Crippen LogP contribution >= 0.6 is 0 Å². The molecule has 1 unspecified atom stereocenters. The molecule has 0 aliphatic heterocycles. The Labute approximate surface area is 124 Å². The van der Waals surface area contributed by atoms with E-state index in [1.165, 1.54) is 0 Å². The Kier molecular flexibility index (Phi) is 4.70. The minimum atomic E-state index is -0.200. The summed E-state index contributed by atoms with van der Waals surface area (Å²) >= 11 is 0. The fourth-order valence-corrected chi connectivity index (χ4v) is 2.23. The van der Waals surface area contributed by atoms with Gasteiger partial charge in [-0.1, -0.05) is 0 Å². The van der Waals surface area contributed by atoms with Gasteiger partial charge in [0.25, 0.3) is 0 Å². The molecule has 1 heterocycles. The van der Waals surface area contributed by atoms with E-state index in [2.05, 4.69) is 5.10 Å². The maximum atomic E-state index is 6.27. The van der Waals surface area contributed by atoms with Crippen molar-refractivity contribution in [1.82, 2.24) is 9.78 Å². The predicted octanol–water partition coefficient (Wildman–Crippen LogP) is 1.69. The van der Waals surface area contributed by atoms with Crippen molar-refractivity contribution in [1.29, 1.82) is 0 Å². The number of aryl methyl sites for hydroxylation is 1. The first kappa shape index (κ1) is 15.2. The van der Waals surface area contributed by atoms with Gasteiger partial charge in [-0.3, -0.25) is 4.68 Å². The monoisotopic (exact) mass is 291 g/mol. The molecule has 2 N–H and O–H groups in total. The molecule has 1 aromatic heterocycles. The third-order valence-electron chi connectivity index (χ3n) is 3.31. The van der Waals surface area contributed by atoms with E-state index in [0.29, 0.717) is 23.7 Å². The van der Waals surface area contributed by atoms with Gasteiger partial charge < -0.3 is 19.9 Å². The number of hydrogen-bond donors (Lipinski definition) is 1. The van der Waals surface area contributed by atoms with Crippen molar-refractivity contribution in [2.75, 3.05) is 21.3 Å². The first-order valence-corrected chi connectivity index (χ1v) is 6.63. The molecule has 0 spiro atoms. The van der Waals surface area contributed by atoms with Crippen LogP contribution in [0.25, 0.3) is 0 Å². The SMILES string of the molecule is COc1cc(C(N)Cc2ccn(C)n2)cc(OC)c1OC. The van der Waals surface area contributed by atoms with Crippen LogP contribution in [0.4, 0.5) is 0 Å². The van der Waals surface area contributed by atoms with Gasteiger partial charge in [0.1, 0.15) is 0 Å². The topological polar surface area (TPSA) is 71.5 Å². The van der Waals surface area contributed by atoms with Crippen LogP contribution < -0.4 is 19.9 Å². The maximum absolute atomic E-state index is 6.27. The van der Waals surface area contributed by atoms with Gasteiger partial charge in [0, 0.05) is 25.7 Å². The van der Waals surface area contributed by atoms with Crippen molar-refractivity contribution in [2.24, 2.45) is 12.8 Å². The second kappa shape index (κ2) is 6.49. The maximum Gasteiger partial charge on any atom is 0.203 e. The number of hydrogen-bond acceptors (Lipinski definition) is 5. The number of methoxy groups -OCH3 is 3. The van der Waals surface area contributed by atoms with Crippen LogP contribution in [0.2, 0.25) is 0 Å². The molecule has 0 bridgehead atoms. The zero-order valence-electron chi connectivity index (χ0n) is 12.8. The van der Waals surface area contributed by atoms with E-state index < -0.39 is 0 Å². The zero-order valence-corrected chi connectivity index (χ0v) is 12.8. The summed E-state index contributed by atoms with van der Waals surface area (Å²) in [7, 11) is 6.64. The molecule has 1 aromatic carbocycles. The highest BCUT2D eigenvalue weighted by Gasteiger charge is 2.17. The van der Waals surface area contributed by atoms with Crippen LogP contribution in [0.1, 0.15) is 17.3 Å². The minimum absolute atomic E-state index is 0.200. The summed E-state index contributed by atoms with van der Waals surface area (Å²) in [6.45, 7) is 0. The van der Waals surface area contributed by atoms with Gasteiger partial charge in [-0.15, -0.1) is 0 Å². The molecule has 6 heteroatoms. The number of ether oxygens (including phenoxy) is 3. The third-order valence-corrected chi connectivity index (χ3v) is 3.31. The summed E-state index contributed by atoms with van der Waals surface area (Å²) in [5.74, 6) is 1.76. The van der Waals surface area contributed by atoms with Gasteiger partial charge in [-0.05, 0) is 23.8 Å². The van der Waals surface area contributed by atoms with Crippen molar-refractivity contribution >= 4 is 0 Å². The molecule has 0 aliphatic rings. The average molecular weight is 291 g/mol. The summed E-state index contributed by atoms with van der Waals surface area (Å²) in [5, 5.41) is 4.34. The van der Waals surface area contributed by atoms with Gasteiger partial charge in [0.05, 0.1) is 27.0 Å². The lowest BCUT2D eigenvalue weighted by molar-refractivity contribution is 0.323. The number of aromatic nitrogens is 2. The zero-order chi connectivity index (χ0) is 15.4. The Morgan fingerprint density at radius 3 is 2.19 bits per heavy atom. The average Bonchev–Trinajstić information content (AvgIpc) is 2.90. The van der Waals surface area contributed by atoms with Gasteiger partial charge in [-0.25, -0.2) is 0 Å². The second-order valence-electron chi connectivity index (χ2n) is 4.75. The van der Waals surface area contributed by atoms with Crippen molar-refractivity contribution in [3.05, 3.63) is 35.7 Å². The molecule has 114 valence electrons. The van der Waals surface area contributed by atoms with Crippen LogP contribution in [0.3, 0.4) is 0 Å². The van der Waals surface area contributed by atoms with E-state index in [1.54, 1.807) is 26.0 Å². The molecule has 2 rings (SSSR count). The summed E-state index contributed by atoms with van der Waals surface area (Å²) in [6.07, 6.45) is 2.54. The number of nitrogens with two attached hydrogens (primary N) is 1. The molecule has 6 nitrogen and oxygen atoms in total. The molecule has 0 fully saturated rings. The molecule has 21 heavy (non-hydrogen) atoms. The summed E-state index contributed by atoms with van der Waals surface area (Å²) in [4.78, 5) is 0. The number of nitrogens with zero attached hydrogens (tertiary/aromatic N) is 2. The first-order chi connectivity index (χ1) is 10.1. The highest BCUT2D eigenvalue weighted by atomic mass is 16.5. The second-order valence-corrected chi connectivity index (χ2v) is 4.75. The Hall–Kier alpha value is -2.21. The standard InChI is InChI=1S/C15H21N3O3/c1-18-6-5-11(17-18)9-12(16)10-7-13(19-2)15(21-4)14(8-10)20-3/h5-8,12H,9,16H2,1-4H3. The van der Waals surface area contributed by atoms with Crippen LogP contribution in [-0.4, -0.2) is 31.1 Å². The van der Waals surface area contributed by atoms with E-state index in [4.69, 9.17) is 19.9 Å². The molecular weight excluding hydrogens is 270 g/mol. The largest absolute Gasteiger partial charge is 0.493 e. The molecule has 0 saturated carbocycles. The predicted molar refractivity (Wildman–Crippen MR) is 79.9 cm³/mol. The van der Waals surface area contributed by atoms with Crippen LogP contribution in [0, 0.1) is 0 Å². The van der Waals surface area contributed by atoms with E-state index in [-0.39, 0.29) is 6.04 Å². The Bertz CT molecular complexity index is 585. The van der Waals surface area contributed by atoms with Gasteiger partial charge in [0.2, 0.25) is 5.75 Å². The summed E-state index contributed by atoms with van der Waals surface area (Å²) in [6, 6.07) is 5.50. The lowest BCUT2D eigenvalue weighted by Gasteiger charge is -2.17. The first-order valence-electron chi connectivity index (χ1n) is 6.63. The van der Waals surface area contributed by atoms with Gasteiger partial charge >= 0.3 is 0 Å². The highest BCUT2D eigenvalue weighted by molar-refractivity contribution is 5.54. The third kappa shape index (κ3) is 3.28. The fraction of sp³-hybridized carbons (Fsp3) is 0.400. The number of benzene rings is 1. The van der Waals surface area contributed by atoms with Crippen molar-refractivity contribution in [2.45, 2.75) is 12.5 Å². The van der Waals surface area contributed by atoms with E-state index in [9.17, 15) is 0 Å². The lowest BCUT2D eigenvalue weighted by atomic mass is 10.0. The van der Waals surface area contributed by atoms with Crippen molar-refractivity contribution < 1.29 is 14.2 Å². The smallest absolute Gasteiger partial charge is 0.203 e. The number of rotatable bonds is 6. The van der Waals surface area contributed by atoms with Crippen LogP contribution in [0.15, 0.2) is 24.4 Å². The van der Waals surface area contributed by atoms with Gasteiger partial charge in [-0.2, -0.15) is 5.10 Å². The molecule has 0 amide bonds. The molecule has 0 radical (unpaired) electrons. The van der Waals surface area contributed by atoms with Gasteiger partial charge in [0.15, 0.2) is 11.5 Å². The molecular formula is C15H21N3O3. The van der Waals surface area contributed by atoms with E-state index in [1.807, 2.05) is 31.4 Å². The summed E-state index contributed by atoms with van der Waals surface area (Å²) < 4.78 is 17.8. The van der Waals surface area contributed by atoms with Crippen LogP contribution in [0.5, 0.6) is 17.2 Å². The minimum Gasteiger partial charge on any atom is -0.493 e. The molecule has 1 atom stereocenters. The van der Waals surface area contributed by atoms with E-state index in [0.717, 1.165) is 11.3 Å². The Morgan fingerprint density at radius 2 is 1.76 bits per heavy atom. The van der Waals surface area contributed by atoms with Crippen molar-refractivity contribution in [3.8, 4) is 17.2 Å². The van der Waals surface area contributed by atoms with E-state index >= 15 is 0 Å². The lowest BCUT2D eigenvalue weighted by Crippen LogP contribution is -2.14. The molecule has 0 aliphatic carbocycles. The highest BCUT2D eigenvalue weighted by Crippen LogP contribution is 2.39. The Morgan fingerprint density at radius 1 is 1.14 bits per heavy atom. The normalized spacial score (nSPS) is 12.0. The molecule has 2 aromatic rings. The van der Waals surface area contributed by atoms with Crippen molar-refractivity contribution in [3.63, 3.8) is 0 Å². The summed E-state index contributed by atoms with van der Waals surface area (Å²) in [5.41, 5.74) is 8.13. The Balaban J connectivity index is 2.30. The van der Waals surface area contributed by atoms with Crippen LogP contribution in [-0.2, 0) is 13.5 Å². The quantitative estimate of drug-likeness (QED) is 0.877. The fourth-order valence-electron chi connectivity index (χ4n) is 2.23. The molecule has 0 saturated heterocycles.